The van der Waals surface area contributed by atoms with Crippen molar-refractivity contribution in [1.29, 1.82) is 0 Å². The Balaban J connectivity index is 0.000000644. The number of nitrogens with two attached hydrogens (primary N) is 1. The van der Waals surface area contributed by atoms with Crippen molar-refractivity contribution in [2.24, 2.45) is 5.73 Å². The number of fused-ring (bicyclic) bond motifs is 1. The van der Waals surface area contributed by atoms with E-state index >= 15 is 0 Å². The van der Waals surface area contributed by atoms with Gasteiger partial charge in [-0.15, -0.1) is 15.8 Å². The second kappa shape index (κ2) is 9.04. The molecule has 9 nitrogen and oxygen atoms in total. The number of carbonyl (C=O) groups is 1. The van der Waals surface area contributed by atoms with Crippen LogP contribution in [0.5, 0.6) is 0 Å². The van der Waals surface area contributed by atoms with Gasteiger partial charge < -0.3 is 10.7 Å². The van der Waals surface area contributed by atoms with Crippen LogP contribution < -0.4 is 34.8 Å². The van der Waals surface area contributed by atoms with Crippen molar-refractivity contribution in [3.05, 3.63) is 36.0 Å². The van der Waals surface area contributed by atoms with Gasteiger partial charge in [-0.3, -0.25) is 10.0 Å². The van der Waals surface area contributed by atoms with Crippen molar-refractivity contribution in [3.63, 3.8) is 0 Å². The van der Waals surface area contributed by atoms with Crippen LogP contribution in [0.15, 0.2) is 30.5 Å². The predicted octanol–water partition coefficient (Wildman–Crippen LogP) is -4.59. The zero-order valence-electron chi connectivity index (χ0n) is 10.9. The third-order valence-corrected chi connectivity index (χ3v) is 2.50. The monoisotopic (exact) mass is 376 g/mol. The van der Waals surface area contributed by atoms with Gasteiger partial charge in [0.2, 0.25) is 0 Å². The SMILES string of the molecule is N[C@@H](Cc1c[n-]c2ccccc12)C(=O)NO.[Co+2].[O-][Cl+3]([O-])([O-])[O-]. The van der Waals surface area contributed by atoms with Crippen LogP contribution in [0, 0.1) is 10.2 Å². The zero-order valence-corrected chi connectivity index (χ0v) is 12.7. The fraction of sp³-hybridized carbons (Fsp3) is 0.182. The number of para-hydroxylation sites is 1. The van der Waals surface area contributed by atoms with Gasteiger partial charge in [-0.25, -0.2) is 24.1 Å². The number of amides is 1. The van der Waals surface area contributed by atoms with Crippen LogP contribution in [0.3, 0.4) is 0 Å². The largest absolute Gasteiger partial charge is 2.00 e. The molecular formula is C11H12ClCoN3O6. The molecule has 1 atom stereocenters. The maximum atomic E-state index is 11.1. The molecular weight excluding hydrogens is 365 g/mol. The summed E-state index contributed by atoms with van der Waals surface area (Å²) in [6, 6.07) is 6.88. The van der Waals surface area contributed by atoms with E-state index < -0.39 is 22.2 Å². The predicted molar refractivity (Wildman–Crippen MR) is 58.9 cm³/mol. The molecule has 22 heavy (non-hydrogen) atoms. The summed E-state index contributed by atoms with van der Waals surface area (Å²) in [6.45, 7) is 0. The fourth-order valence-corrected chi connectivity index (χ4v) is 1.65. The van der Waals surface area contributed by atoms with Gasteiger partial charge in [0.25, 0.3) is 5.91 Å². The van der Waals surface area contributed by atoms with Crippen molar-refractivity contribution < 1.29 is 55.7 Å². The molecule has 0 saturated carbocycles. The van der Waals surface area contributed by atoms with Gasteiger partial charge in [0.15, 0.2) is 0 Å². The van der Waals surface area contributed by atoms with E-state index in [1.807, 2.05) is 24.3 Å². The first-order chi connectivity index (χ1) is 9.72. The average Bonchev–Trinajstić information content (AvgIpc) is 2.79. The Morgan fingerprint density at radius 1 is 1.32 bits per heavy atom. The molecule has 0 fully saturated rings. The number of nitrogens with one attached hydrogen (secondary N) is 1. The van der Waals surface area contributed by atoms with E-state index in [1.54, 1.807) is 11.7 Å². The van der Waals surface area contributed by atoms with Crippen molar-refractivity contribution in [2.75, 3.05) is 0 Å². The van der Waals surface area contributed by atoms with Crippen LogP contribution >= 0.6 is 0 Å². The number of carbonyl (C=O) groups excluding carboxylic acids is 1. The molecule has 123 valence electrons. The summed E-state index contributed by atoms with van der Waals surface area (Å²) in [5.41, 5.74) is 8.94. The number of benzene rings is 1. The summed E-state index contributed by atoms with van der Waals surface area (Å²) in [5, 5.41) is 9.44. The topological polar surface area (TPSA) is 182 Å². The van der Waals surface area contributed by atoms with Crippen LogP contribution in [-0.2, 0) is 28.0 Å². The van der Waals surface area contributed by atoms with Crippen LogP contribution in [0.25, 0.3) is 10.9 Å². The van der Waals surface area contributed by atoms with Crippen LogP contribution in [0.2, 0.25) is 0 Å². The molecule has 0 aliphatic heterocycles. The maximum absolute atomic E-state index is 11.1. The fourth-order valence-electron chi connectivity index (χ4n) is 1.65. The molecule has 1 aromatic heterocycles. The average molecular weight is 377 g/mol. The van der Waals surface area contributed by atoms with Gasteiger partial charge in [0.05, 0.1) is 6.04 Å². The molecule has 0 spiro atoms. The summed E-state index contributed by atoms with van der Waals surface area (Å²) in [6.07, 6.45) is 2.06. The Labute approximate surface area is 137 Å². The Bertz CT molecular complexity index is 597. The second-order valence-corrected chi connectivity index (χ2v) is 4.72. The molecule has 1 radical (unpaired) electrons. The number of hydroxylamine groups is 1. The third-order valence-electron chi connectivity index (χ3n) is 2.50. The molecule has 1 aromatic carbocycles. The summed E-state index contributed by atoms with van der Waals surface area (Å²) in [4.78, 5) is 15.3. The van der Waals surface area contributed by atoms with Gasteiger partial charge in [0, 0.05) is 0 Å². The first kappa shape index (κ1) is 20.8. The maximum Gasteiger partial charge on any atom is 2.00 e. The summed E-state index contributed by atoms with van der Waals surface area (Å²) in [7, 11) is -4.94. The molecule has 11 heteroatoms. The first-order valence-corrected chi connectivity index (χ1v) is 6.76. The van der Waals surface area contributed by atoms with E-state index in [9.17, 15) is 4.79 Å². The van der Waals surface area contributed by atoms with Crippen molar-refractivity contribution in [2.45, 2.75) is 12.5 Å². The Morgan fingerprint density at radius 3 is 2.41 bits per heavy atom. The Hall–Kier alpha value is -1.21. The van der Waals surface area contributed by atoms with Crippen LogP contribution in [0.1, 0.15) is 5.56 Å². The van der Waals surface area contributed by atoms with E-state index in [1.165, 1.54) is 0 Å². The minimum atomic E-state index is -4.94. The summed E-state index contributed by atoms with van der Waals surface area (Å²) >= 11 is 0. The zero-order chi connectivity index (χ0) is 16.0. The van der Waals surface area contributed by atoms with E-state index in [-0.39, 0.29) is 16.8 Å². The summed E-state index contributed by atoms with van der Waals surface area (Å²) < 4.78 is 34.0. The van der Waals surface area contributed by atoms with Gasteiger partial charge in [0.1, 0.15) is 0 Å². The molecule has 1 heterocycles. The Morgan fingerprint density at radius 2 is 1.86 bits per heavy atom. The smallest absolute Gasteiger partial charge is 0.663 e. The third kappa shape index (κ3) is 7.17. The molecule has 2 rings (SSSR count). The summed E-state index contributed by atoms with van der Waals surface area (Å²) in [5.74, 6) is -0.592. The van der Waals surface area contributed by atoms with Gasteiger partial charge in [-0.05, 0) is 11.8 Å². The van der Waals surface area contributed by atoms with E-state index in [0.29, 0.717) is 6.42 Å². The van der Waals surface area contributed by atoms with Crippen LogP contribution in [0.4, 0.5) is 0 Å². The van der Waals surface area contributed by atoms with Gasteiger partial charge in [-0.2, -0.15) is 6.20 Å². The molecule has 1 amide bonds. The standard InChI is InChI=1S/C11H12N3O2.ClHO4.Co/c12-9(11(15)14-16)5-7-6-13-10-4-2-1-3-8(7)10;2-1(3,4)5;/h1-4,6,9,16H,5,12H2,(H,14,15);(H,2,3,4,5);/q-1;;+2/p-1/t9-;;/m0../s1. The van der Waals surface area contributed by atoms with E-state index in [4.69, 9.17) is 29.6 Å². The number of hydrogen-bond donors (Lipinski definition) is 3. The quantitative estimate of drug-likeness (QED) is 0.353. The number of halogens is 1. The number of aromatic nitrogens is 1. The molecule has 0 unspecified atom stereocenters. The second-order valence-electron chi connectivity index (χ2n) is 3.97. The Kier molecular flexibility index (Phi) is 8.55. The van der Waals surface area contributed by atoms with Gasteiger partial charge in [-0.1, -0.05) is 29.8 Å². The first-order valence-electron chi connectivity index (χ1n) is 5.53. The molecule has 4 N–H and O–H groups in total. The van der Waals surface area contributed by atoms with E-state index in [0.717, 1.165) is 16.5 Å². The van der Waals surface area contributed by atoms with E-state index in [2.05, 4.69) is 4.98 Å². The van der Waals surface area contributed by atoms with Crippen molar-refractivity contribution in [3.8, 4) is 0 Å². The normalized spacial score (nSPS) is 11.9. The molecule has 0 saturated heterocycles. The minimum absolute atomic E-state index is 0. The number of rotatable bonds is 3. The molecule has 2 aromatic rings. The van der Waals surface area contributed by atoms with Gasteiger partial charge >= 0.3 is 16.8 Å². The number of hydrogen-bond acceptors (Lipinski definition) is 7. The van der Waals surface area contributed by atoms with Crippen LogP contribution in [-0.4, -0.2) is 17.2 Å². The molecule has 0 aliphatic rings. The number of nitrogens with zero attached hydrogens (tertiary/aromatic N) is 1. The minimum Gasteiger partial charge on any atom is -0.663 e. The van der Waals surface area contributed by atoms with Crippen molar-refractivity contribution in [1.82, 2.24) is 10.5 Å². The molecule has 0 aliphatic carbocycles. The molecule has 0 bridgehead atoms. The van der Waals surface area contributed by atoms with Crippen molar-refractivity contribution >= 4 is 16.8 Å².